The zero-order valence-corrected chi connectivity index (χ0v) is 10.5. The third-order valence-electron chi connectivity index (χ3n) is 2.53. The van der Waals surface area contributed by atoms with Crippen molar-refractivity contribution in [2.75, 3.05) is 0 Å². The lowest BCUT2D eigenvalue weighted by molar-refractivity contribution is 0.0472. The third-order valence-corrected chi connectivity index (χ3v) is 2.53. The van der Waals surface area contributed by atoms with Gasteiger partial charge in [-0.1, -0.05) is 30.3 Å². The molecular weight excluding hydrogens is 226 g/mol. The minimum Gasteiger partial charge on any atom is -0.457 e. The Labute approximate surface area is 106 Å². The molecule has 0 amide bonds. The van der Waals surface area contributed by atoms with Crippen molar-refractivity contribution in [3.05, 3.63) is 65.0 Å². The van der Waals surface area contributed by atoms with E-state index in [0.717, 1.165) is 17.0 Å². The molecule has 0 radical (unpaired) electrons. The lowest BCUT2D eigenvalue weighted by atomic mass is 10.2. The molecule has 0 N–H and O–H groups in total. The minimum atomic E-state index is -0.313. The Bertz CT molecular complexity index is 529. The Hall–Kier alpha value is -2.16. The van der Waals surface area contributed by atoms with Crippen molar-refractivity contribution in [1.29, 1.82) is 0 Å². The van der Waals surface area contributed by atoms with Crippen LogP contribution in [0.1, 0.15) is 27.3 Å². The number of nitrogens with zero attached hydrogens (tertiary/aromatic N) is 1. The summed E-state index contributed by atoms with van der Waals surface area (Å²) in [6, 6.07) is 13.1. The molecule has 1 aromatic heterocycles. The quantitative estimate of drug-likeness (QED) is 0.775. The first-order valence-corrected chi connectivity index (χ1v) is 5.81. The number of esters is 1. The highest BCUT2D eigenvalue weighted by Gasteiger charge is 2.08. The molecule has 0 spiro atoms. The average molecular weight is 241 g/mol. The molecule has 0 aliphatic rings. The summed E-state index contributed by atoms with van der Waals surface area (Å²) in [7, 11) is 0. The van der Waals surface area contributed by atoms with Gasteiger partial charge in [0.15, 0.2) is 0 Å². The molecule has 0 aliphatic heterocycles. The predicted molar refractivity (Wildman–Crippen MR) is 69.3 cm³/mol. The van der Waals surface area contributed by atoms with E-state index in [9.17, 15) is 4.79 Å². The molecule has 0 atom stereocenters. The lowest BCUT2D eigenvalue weighted by Gasteiger charge is -2.06. The molecule has 0 aliphatic carbocycles. The number of aryl methyl sites for hydroxylation is 2. The Balaban J connectivity index is 2.04. The third kappa shape index (κ3) is 3.17. The van der Waals surface area contributed by atoms with E-state index >= 15 is 0 Å². The van der Waals surface area contributed by atoms with Crippen molar-refractivity contribution in [3.8, 4) is 0 Å². The molecule has 0 saturated carbocycles. The Kier molecular flexibility index (Phi) is 3.72. The number of rotatable bonds is 3. The Morgan fingerprint density at radius 2 is 1.72 bits per heavy atom. The van der Waals surface area contributed by atoms with Gasteiger partial charge in [0.2, 0.25) is 0 Å². The summed E-state index contributed by atoms with van der Waals surface area (Å²) in [6.45, 7) is 4.02. The van der Waals surface area contributed by atoms with Gasteiger partial charge < -0.3 is 4.74 Å². The smallest absolute Gasteiger partial charge is 0.338 e. The number of benzene rings is 1. The topological polar surface area (TPSA) is 39.2 Å². The monoisotopic (exact) mass is 241 g/mol. The van der Waals surface area contributed by atoms with Crippen molar-refractivity contribution in [2.45, 2.75) is 20.5 Å². The summed E-state index contributed by atoms with van der Waals surface area (Å²) >= 11 is 0. The average Bonchev–Trinajstić information content (AvgIpc) is 2.36. The normalized spacial score (nSPS) is 10.1. The van der Waals surface area contributed by atoms with E-state index in [2.05, 4.69) is 4.98 Å². The van der Waals surface area contributed by atoms with Crippen molar-refractivity contribution in [1.82, 2.24) is 4.98 Å². The lowest BCUT2D eigenvalue weighted by Crippen LogP contribution is -2.06. The van der Waals surface area contributed by atoms with Crippen LogP contribution in [0.15, 0.2) is 42.5 Å². The standard InChI is InChI=1S/C15H15NO2/c1-11-8-14(9-12(2)16-11)15(17)18-10-13-6-4-3-5-7-13/h3-9H,10H2,1-2H3. The summed E-state index contributed by atoms with van der Waals surface area (Å²) in [5.41, 5.74) is 3.17. The van der Waals surface area contributed by atoms with Crippen LogP contribution in [0, 0.1) is 13.8 Å². The second-order valence-corrected chi connectivity index (χ2v) is 4.20. The summed E-state index contributed by atoms with van der Waals surface area (Å²) in [4.78, 5) is 16.1. The molecule has 18 heavy (non-hydrogen) atoms. The summed E-state index contributed by atoms with van der Waals surface area (Å²) in [6.07, 6.45) is 0. The number of hydrogen-bond acceptors (Lipinski definition) is 3. The van der Waals surface area contributed by atoms with Gasteiger partial charge >= 0.3 is 5.97 Å². The molecule has 0 fully saturated rings. The van der Waals surface area contributed by atoms with Crippen molar-refractivity contribution in [3.63, 3.8) is 0 Å². The molecule has 92 valence electrons. The van der Waals surface area contributed by atoms with E-state index in [-0.39, 0.29) is 5.97 Å². The number of carbonyl (C=O) groups excluding carboxylic acids is 1. The van der Waals surface area contributed by atoms with E-state index in [0.29, 0.717) is 12.2 Å². The van der Waals surface area contributed by atoms with Crippen LogP contribution in [0.4, 0.5) is 0 Å². The first-order valence-electron chi connectivity index (χ1n) is 5.81. The van der Waals surface area contributed by atoms with Crippen LogP contribution in [-0.2, 0) is 11.3 Å². The first kappa shape index (κ1) is 12.3. The zero-order chi connectivity index (χ0) is 13.0. The van der Waals surface area contributed by atoms with Crippen LogP contribution < -0.4 is 0 Å². The van der Waals surface area contributed by atoms with Crippen molar-refractivity contribution in [2.24, 2.45) is 0 Å². The van der Waals surface area contributed by atoms with Gasteiger partial charge in [-0.2, -0.15) is 0 Å². The van der Waals surface area contributed by atoms with Gasteiger partial charge in [0.05, 0.1) is 5.56 Å². The molecule has 3 nitrogen and oxygen atoms in total. The van der Waals surface area contributed by atoms with Gasteiger partial charge in [-0.3, -0.25) is 4.98 Å². The fourth-order valence-electron chi connectivity index (χ4n) is 1.76. The summed E-state index contributed by atoms with van der Waals surface area (Å²) in [5, 5.41) is 0. The van der Waals surface area contributed by atoms with E-state index in [1.54, 1.807) is 12.1 Å². The van der Waals surface area contributed by atoms with Gasteiger partial charge in [-0.15, -0.1) is 0 Å². The van der Waals surface area contributed by atoms with Gasteiger partial charge in [0.1, 0.15) is 6.61 Å². The van der Waals surface area contributed by atoms with Crippen LogP contribution in [0.5, 0.6) is 0 Å². The molecule has 3 heteroatoms. The number of carbonyl (C=O) groups is 1. The SMILES string of the molecule is Cc1cc(C(=O)OCc2ccccc2)cc(C)n1. The highest BCUT2D eigenvalue weighted by Crippen LogP contribution is 2.09. The maximum absolute atomic E-state index is 11.9. The minimum absolute atomic E-state index is 0.292. The number of pyridine rings is 1. The van der Waals surface area contributed by atoms with E-state index in [4.69, 9.17) is 4.74 Å². The van der Waals surface area contributed by atoms with Crippen LogP contribution in [0.2, 0.25) is 0 Å². The molecule has 0 bridgehead atoms. The zero-order valence-electron chi connectivity index (χ0n) is 10.5. The molecule has 1 heterocycles. The van der Waals surface area contributed by atoms with E-state index in [1.165, 1.54) is 0 Å². The van der Waals surface area contributed by atoms with Crippen LogP contribution in [0.25, 0.3) is 0 Å². The van der Waals surface area contributed by atoms with Crippen molar-refractivity contribution >= 4 is 5.97 Å². The first-order chi connectivity index (χ1) is 8.65. The van der Waals surface area contributed by atoms with E-state index in [1.807, 2.05) is 44.2 Å². The van der Waals surface area contributed by atoms with Crippen molar-refractivity contribution < 1.29 is 9.53 Å². The summed E-state index contributed by atoms with van der Waals surface area (Å²) < 4.78 is 5.26. The molecule has 0 saturated heterocycles. The largest absolute Gasteiger partial charge is 0.457 e. The predicted octanol–water partition coefficient (Wildman–Crippen LogP) is 3.06. The summed E-state index contributed by atoms with van der Waals surface area (Å²) in [5.74, 6) is -0.313. The molecule has 2 rings (SSSR count). The maximum Gasteiger partial charge on any atom is 0.338 e. The van der Waals surface area contributed by atoms with Gasteiger partial charge in [0.25, 0.3) is 0 Å². The Morgan fingerprint density at radius 1 is 1.11 bits per heavy atom. The second-order valence-electron chi connectivity index (χ2n) is 4.20. The van der Waals surface area contributed by atoms with Gasteiger partial charge in [-0.05, 0) is 31.5 Å². The highest BCUT2D eigenvalue weighted by molar-refractivity contribution is 5.89. The van der Waals surface area contributed by atoms with E-state index < -0.39 is 0 Å². The molecule has 2 aromatic rings. The van der Waals surface area contributed by atoms with Crippen LogP contribution in [0.3, 0.4) is 0 Å². The molecule has 0 unspecified atom stereocenters. The van der Waals surface area contributed by atoms with Crippen LogP contribution in [-0.4, -0.2) is 11.0 Å². The Morgan fingerprint density at radius 3 is 2.33 bits per heavy atom. The van der Waals surface area contributed by atoms with Gasteiger partial charge in [0, 0.05) is 11.4 Å². The number of aromatic nitrogens is 1. The fraction of sp³-hybridized carbons (Fsp3) is 0.200. The number of hydrogen-bond donors (Lipinski definition) is 0. The number of ether oxygens (including phenoxy) is 1. The maximum atomic E-state index is 11.9. The fourth-order valence-corrected chi connectivity index (χ4v) is 1.76. The highest BCUT2D eigenvalue weighted by atomic mass is 16.5. The van der Waals surface area contributed by atoms with Crippen LogP contribution >= 0.6 is 0 Å². The molecular formula is C15H15NO2. The van der Waals surface area contributed by atoms with Gasteiger partial charge in [-0.25, -0.2) is 4.79 Å². The molecule has 1 aromatic carbocycles. The second kappa shape index (κ2) is 5.45.